The standard InChI is InChI=1S/C16H24N2O2Si2/c1-21(2,3)19-15(11-17)13-8-7-9-14(10-13)16(12-18)20-22(4,5)6/h7-10,15-16H,1-6H3/t15-,16-/m1/s1. The smallest absolute Gasteiger partial charge is 0.186 e. The van der Waals surface area contributed by atoms with Gasteiger partial charge in [-0.25, -0.2) is 0 Å². The molecule has 1 aromatic carbocycles. The number of rotatable bonds is 6. The molecule has 1 rings (SSSR count). The van der Waals surface area contributed by atoms with Gasteiger partial charge in [-0.15, -0.1) is 0 Å². The summed E-state index contributed by atoms with van der Waals surface area (Å²) in [6.45, 7) is 12.3. The van der Waals surface area contributed by atoms with E-state index in [1.807, 2.05) is 63.5 Å². The zero-order valence-corrected chi connectivity index (χ0v) is 16.2. The molecule has 0 amide bonds. The Labute approximate surface area is 135 Å². The third kappa shape index (κ3) is 6.12. The van der Waals surface area contributed by atoms with Gasteiger partial charge in [-0.2, -0.15) is 10.5 Å². The van der Waals surface area contributed by atoms with Gasteiger partial charge in [0.05, 0.1) is 12.1 Å². The number of nitriles is 2. The van der Waals surface area contributed by atoms with Gasteiger partial charge in [0.25, 0.3) is 0 Å². The first kappa shape index (κ1) is 18.6. The van der Waals surface area contributed by atoms with Crippen LogP contribution in [0.4, 0.5) is 0 Å². The highest BCUT2D eigenvalue weighted by Gasteiger charge is 2.25. The molecule has 0 unspecified atom stereocenters. The Morgan fingerprint density at radius 3 is 1.45 bits per heavy atom. The maximum absolute atomic E-state index is 9.37. The molecule has 2 atom stereocenters. The average molecular weight is 333 g/mol. The van der Waals surface area contributed by atoms with Crippen molar-refractivity contribution in [2.45, 2.75) is 51.5 Å². The van der Waals surface area contributed by atoms with Crippen molar-refractivity contribution in [3.63, 3.8) is 0 Å². The number of nitrogens with zero attached hydrogens (tertiary/aromatic N) is 2. The minimum Gasteiger partial charge on any atom is -0.399 e. The highest BCUT2D eigenvalue weighted by molar-refractivity contribution is 6.70. The van der Waals surface area contributed by atoms with Gasteiger partial charge in [0, 0.05) is 0 Å². The monoisotopic (exact) mass is 332 g/mol. The minimum atomic E-state index is -1.83. The van der Waals surface area contributed by atoms with Gasteiger partial charge < -0.3 is 8.85 Å². The highest BCUT2D eigenvalue weighted by Crippen LogP contribution is 2.27. The molecule has 22 heavy (non-hydrogen) atoms. The van der Waals surface area contributed by atoms with Crippen LogP contribution in [0.5, 0.6) is 0 Å². The molecule has 0 radical (unpaired) electrons. The van der Waals surface area contributed by atoms with E-state index in [1.54, 1.807) is 0 Å². The molecule has 0 spiro atoms. The van der Waals surface area contributed by atoms with Gasteiger partial charge in [-0.3, -0.25) is 0 Å². The lowest BCUT2D eigenvalue weighted by atomic mass is 10.0. The first-order valence-electron chi connectivity index (χ1n) is 7.30. The summed E-state index contributed by atoms with van der Waals surface area (Å²) in [4.78, 5) is 0. The largest absolute Gasteiger partial charge is 0.399 e. The Bertz CT molecular complexity index is 543. The molecule has 0 aromatic heterocycles. The molecule has 0 N–H and O–H groups in total. The normalized spacial score (nSPS) is 14.7. The molecule has 0 fully saturated rings. The molecule has 4 nitrogen and oxygen atoms in total. The van der Waals surface area contributed by atoms with Crippen molar-refractivity contribution in [2.24, 2.45) is 0 Å². The van der Waals surface area contributed by atoms with Crippen LogP contribution in [-0.2, 0) is 8.85 Å². The maximum atomic E-state index is 9.37. The summed E-state index contributed by atoms with van der Waals surface area (Å²) in [6.07, 6.45) is -1.20. The summed E-state index contributed by atoms with van der Waals surface area (Å²) >= 11 is 0. The second-order valence-electron chi connectivity index (χ2n) is 7.15. The fourth-order valence-electron chi connectivity index (χ4n) is 1.93. The Morgan fingerprint density at radius 1 is 0.818 bits per heavy atom. The van der Waals surface area contributed by atoms with Gasteiger partial charge in [0.1, 0.15) is 0 Å². The SMILES string of the molecule is C[Si](C)(C)O[C@H](C#N)c1cccc([C@@H](C#N)O[Si](C)(C)C)c1. The van der Waals surface area contributed by atoms with Crippen LogP contribution in [0.2, 0.25) is 39.3 Å². The summed E-state index contributed by atoms with van der Waals surface area (Å²) in [5.74, 6) is 0. The first-order valence-corrected chi connectivity index (χ1v) is 14.1. The van der Waals surface area contributed by atoms with Gasteiger partial charge in [-0.1, -0.05) is 18.2 Å². The van der Waals surface area contributed by atoms with E-state index in [0.29, 0.717) is 0 Å². The van der Waals surface area contributed by atoms with Gasteiger partial charge >= 0.3 is 0 Å². The predicted octanol–water partition coefficient (Wildman–Crippen LogP) is 4.52. The van der Waals surface area contributed by atoms with E-state index >= 15 is 0 Å². The van der Waals surface area contributed by atoms with E-state index in [2.05, 4.69) is 12.1 Å². The third-order valence-electron chi connectivity index (χ3n) is 2.69. The fraction of sp³-hybridized carbons (Fsp3) is 0.500. The quantitative estimate of drug-likeness (QED) is 0.718. The van der Waals surface area contributed by atoms with Gasteiger partial charge in [0.15, 0.2) is 28.8 Å². The van der Waals surface area contributed by atoms with Crippen molar-refractivity contribution in [1.29, 1.82) is 10.5 Å². The average Bonchev–Trinajstić information content (AvgIpc) is 2.40. The Morgan fingerprint density at radius 2 is 1.18 bits per heavy atom. The van der Waals surface area contributed by atoms with Crippen molar-refractivity contribution in [2.75, 3.05) is 0 Å². The first-order chi connectivity index (χ1) is 10.1. The second kappa shape index (κ2) is 7.21. The highest BCUT2D eigenvalue weighted by atomic mass is 28.4. The van der Waals surface area contributed by atoms with E-state index in [4.69, 9.17) is 8.85 Å². The van der Waals surface area contributed by atoms with E-state index in [-0.39, 0.29) is 0 Å². The topological polar surface area (TPSA) is 66.0 Å². The summed E-state index contributed by atoms with van der Waals surface area (Å²) in [5.41, 5.74) is 1.56. The van der Waals surface area contributed by atoms with Gasteiger partial charge in [-0.05, 0) is 56.5 Å². The Hall–Kier alpha value is -1.45. The molecular formula is C16H24N2O2Si2. The van der Waals surface area contributed by atoms with Crippen molar-refractivity contribution in [3.8, 4) is 12.1 Å². The molecule has 0 heterocycles. The van der Waals surface area contributed by atoms with E-state index in [0.717, 1.165) is 11.1 Å². The lowest BCUT2D eigenvalue weighted by molar-refractivity contribution is 0.248. The lowest BCUT2D eigenvalue weighted by Gasteiger charge is -2.24. The van der Waals surface area contributed by atoms with Crippen molar-refractivity contribution in [1.82, 2.24) is 0 Å². The van der Waals surface area contributed by atoms with Crippen molar-refractivity contribution in [3.05, 3.63) is 35.4 Å². The van der Waals surface area contributed by atoms with Crippen LogP contribution in [0.15, 0.2) is 24.3 Å². The molecule has 6 heteroatoms. The van der Waals surface area contributed by atoms with Crippen LogP contribution in [0, 0.1) is 22.7 Å². The summed E-state index contributed by atoms with van der Waals surface area (Å²) < 4.78 is 11.8. The van der Waals surface area contributed by atoms with Crippen LogP contribution in [-0.4, -0.2) is 16.6 Å². The summed E-state index contributed by atoms with van der Waals surface area (Å²) in [5, 5.41) is 18.7. The van der Waals surface area contributed by atoms with E-state index in [9.17, 15) is 10.5 Å². The number of benzene rings is 1. The lowest BCUT2D eigenvalue weighted by Crippen LogP contribution is -2.28. The number of hydrogen-bond acceptors (Lipinski definition) is 4. The molecular weight excluding hydrogens is 308 g/mol. The Balaban J connectivity index is 3.07. The van der Waals surface area contributed by atoms with Crippen LogP contribution >= 0.6 is 0 Å². The number of hydrogen-bond donors (Lipinski definition) is 0. The van der Waals surface area contributed by atoms with Crippen LogP contribution in [0.3, 0.4) is 0 Å². The molecule has 0 aliphatic heterocycles. The molecule has 0 aliphatic rings. The molecule has 0 saturated heterocycles. The molecule has 0 aliphatic carbocycles. The minimum absolute atomic E-state index is 0.599. The summed E-state index contributed by atoms with van der Waals surface area (Å²) in [7, 11) is -3.65. The summed E-state index contributed by atoms with van der Waals surface area (Å²) in [6, 6.07) is 11.8. The zero-order valence-electron chi connectivity index (χ0n) is 14.2. The molecule has 0 saturated carbocycles. The van der Waals surface area contributed by atoms with E-state index in [1.165, 1.54) is 0 Å². The maximum Gasteiger partial charge on any atom is 0.186 e. The fourth-order valence-corrected chi connectivity index (χ4v) is 3.72. The third-order valence-corrected chi connectivity index (χ3v) is 4.58. The van der Waals surface area contributed by atoms with Crippen LogP contribution in [0.25, 0.3) is 0 Å². The van der Waals surface area contributed by atoms with Crippen LogP contribution in [0.1, 0.15) is 23.3 Å². The predicted molar refractivity (Wildman–Crippen MR) is 92.0 cm³/mol. The molecule has 0 bridgehead atoms. The second-order valence-corrected chi connectivity index (χ2v) is 16.1. The molecule has 1 aromatic rings. The zero-order chi connectivity index (χ0) is 17.0. The Kier molecular flexibility index (Phi) is 6.10. The van der Waals surface area contributed by atoms with E-state index < -0.39 is 28.8 Å². The van der Waals surface area contributed by atoms with Crippen molar-refractivity contribution < 1.29 is 8.85 Å². The molecule has 118 valence electrons. The van der Waals surface area contributed by atoms with Gasteiger partial charge in [0.2, 0.25) is 0 Å². The van der Waals surface area contributed by atoms with Crippen molar-refractivity contribution >= 4 is 16.6 Å². The van der Waals surface area contributed by atoms with Crippen LogP contribution < -0.4 is 0 Å².